The maximum absolute atomic E-state index is 13.4. The number of benzene rings is 2. The zero-order valence-electron chi connectivity index (χ0n) is 21.6. The number of carbonyl (C=O) groups excluding carboxylic acids is 2. The molecule has 0 N–H and O–H groups in total. The van der Waals surface area contributed by atoms with E-state index in [0.717, 1.165) is 0 Å². The molecule has 4 rings (SSSR count). The molecule has 0 spiro atoms. The molecule has 0 bridgehead atoms. The van der Waals surface area contributed by atoms with Gasteiger partial charge in [0.25, 0.3) is 11.0 Å². The van der Waals surface area contributed by atoms with Crippen LogP contribution < -0.4 is 4.74 Å². The number of carbonyl (C=O) groups is 2. The molecule has 4 aromatic rings. The first-order valence-electron chi connectivity index (χ1n) is 11.7. The van der Waals surface area contributed by atoms with Gasteiger partial charge in [-0.15, -0.1) is 10.1 Å². The van der Waals surface area contributed by atoms with Crippen molar-refractivity contribution >= 4 is 34.4 Å². The lowest BCUT2D eigenvalue weighted by Crippen LogP contribution is -2.14. The van der Waals surface area contributed by atoms with Crippen LogP contribution >= 0.6 is 11.6 Å². The number of aromatic nitrogens is 2. The molecule has 0 aliphatic heterocycles. The number of nitrogens with zero attached hydrogens (tertiary/aromatic N) is 4. The fourth-order valence-corrected chi connectivity index (χ4v) is 4.08. The standard InChI is InChI=1S/C26H22ClN3O7.NO3/c1-16-22(13-25(31)36-14-19-4-3-5-20(28-19)15-37-30(33)34)23-12-21(35-2)10-11-24(23)29(16)26(32)17-6-8-18(27)9-7-17;2-1(3)4/h3-12H,13-15H2,1-2H3;/q;-1. The van der Waals surface area contributed by atoms with Crippen LogP contribution in [0.1, 0.15) is 33.0 Å². The Morgan fingerprint density at radius 3 is 2.22 bits per heavy atom. The molecule has 0 atom stereocenters. The first-order valence-corrected chi connectivity index (χ1v) is 12.1. The Labute approximate surface area is 236 Å². The van der Waals surface area contributed by atoms with Gasteiger partial charge in [-0.3, -0.25) is 19.1 Å². The monoisotopic (exact) mass is 585 g/mol. The van der Waals surface area contributed by atoms with Crippen molar-refractivity contribution in [3.05, 3.63) is 119 Å². The van der Waals surface area contributed by atoms with Crippen LogP contribution in [0, 0.1) is 32.4 Å². The van der Waals surface area contributed by atoms with E-state index in [9.17, 15) is 19.7 Å². The summed E-state index contributed by atoms with van der Waals surface area (Å²) in [5.41, 5.74) is 3.04. The first-order chi connectivity index (χ1) is 19.5. The quantitative estimate of drug-likeness (QED) is 0.153. The number of methoxy groups -OCH3 is 1. The van der Waals surface area contributed by atoms with Crippen LogP contribution in [0.2, 0.25) is 5.02 Å². The molecule has 0 fully saturated rings. The minimum absolute atomic E-state index is 0.0967. The third kappa shape index (κ3) is 8.12. The third-order valence-electron chi connectivity index (χ3n) is 5.72. The summed E-state index contributed by atoms with van der Waals surface area (Å²) in [6.45, 7) is 1.33. The van der Waals surface area contributed by atoms with E-state index < -0.39 is 16.1 Å². The molecule has 2 heterocycles. The highest BCUT2D eigenvalue weighted by atomic mass is 35.5. The van der Waals surface area contributed by atoms with Gasteiger partial charge in [-0.1, -0.05) is 17.7 Å². The van der Waals surface area contributed by atoms with Gasteiger partial charge in [0.05, 0.1) is 35.5 Å². The van der Waals surface area contributed by atoms with Gasteiger partial charge >= 0.3 is 5.97 Å². The maximum atomic E-state index is 13.4. The molecule has 0 unspecified atom stereocenters. The third-order valence-corrected chi connectivity index (χ3v) is 5.97. The Morgan fingerprint density at radius 2 is 1.61 bits per heavy atom. The van der Waals surface area contributed by atoms with Crippen molar-refractivity contribution < 1.29 is 34.1 Å². The lowest BCUT2D eigenvalue weighted by Gasteiger charge is -2.08. The smallest absolute Gasteiger partial charge is 0.310 e. The summed E-state index contributed by atoms with van der Waals surface area (Å²) >= 11 is 5.97. The van der Waals surface area contributed by atoms with E-state index in [1.165, 1.54) is 7.11 Å². The molecular weight excluding hydrogens is 564 g/mol. The van der Waals surface area contributed by atoms with E-state index in [1.807, 2.05) is 0 Å². The lowest BCUT2D eigenvalue weighted by atomic mass is 10.1. The van der Waals surface area contributed by atoms with Gasteiger partial charge in [-0.05, 0) is 67.1 Å². The Bertz CT molecular complexity index is 1580. The fraction of sp³-hybridized carbons (Fsp3) is 0.192. The van der Waals surface area contributed by atoms with Crippen molar-refractivity contribution in [3.63, 3.8) is 0 Å². The molecule has 2 aromatic heterocycles. The van der Waals surface area contributed by atoms with Crippen LogP contribution in [0.15, 0.2) is 60.7 Å². The normalized spacial score (nSPS) is 10.3. The van der Waals surface area contributed by atoms with E-state index in [0.29, 0.717) is 49.9 Å². The molecule has 14 nitrogen and oxygen atoms in total. The number of esters is 1. The summed E-state index contributed by atoms with van der Waals surface area (Å²) in [5.74, 6) is -0.212. The van der Waals surface area contributed by atoms with E-state index >= 15 is 0 Å². The van der Waals surface area contributed by atoms with Crippen molar-refractivity contribution in [1.29, 1.82) is 0 Å². The van der Waals surface area contributed by atoms with Crippen molar-refractivity contribution in [2.75, 3.05) is 7.11 Å². The Balaban J connectivity index is 0.00000108. The Hall–Kier alpha value is -5.24. The van der Waals surface area contributed by atoms with Crippen LogP contribution in [0.4, 0.5) is 0 Å². The molecule has 41 heavy (non-hydrogen) atoms. The van der Waals surface area contributed by atoms with Crippen LogP contribution in [0.3, 0.4) is 0 Å². The van der Waals surface area contributed by atoms with Crippen molar-refractivity contribution in [2.45, 2.75) is 26.6 Å². The number of rotatable bonds is 9. The predicted octanol–water partition coefficient (Wildman–Crippen LogP) is 4.45. The van der Waals surface area contributed by atoms with Crippen LogP contribution in [-0.2, 0) is 34.0 Å². The van der Waals surface area contributed by atoms with Crippen molar-refractivity contribution in [3.8, 4) is 5.75 Å². The van der Waals surface area contributed by atoms with Crippen molar-refractivity contribution in [1.82, 2.24) is 9.55 Å². The van der Waals surface area contributed by atoms with Gasteiger partial charge in [0.2, 0.25) is 0 Å². The average Bonchev–Trinajstić information content (AvgIpc) is 3.20. The van der Waals surface area contributed by atoms with Gasteiger partial charge in [-0.2, -0.15) is 0 Å². The SMILES string of the molecule is COc1ccc2c(c1)c(CC(=O)OCc1cccc(CO[N+](=O)[O-])n1)c(C)n2C(=O)c1ccc(Cl)cc1.O=[N+]([O-])[O-]. The number of ether oxygens (including phenoxy) is 2. The summed E-state index contributed by atoms with van der Waals surface area (Å²) < 4.78 is 12.3. The van der Waals surface area contributed by atoms with E-state index in [2.05, 4.69) is 9.82 Å². The Morgan fingerprint density at radius 1 is 0.976 bits per heavy atom. The average molecular weight is 586 g/mol. The van der Waals surface area contributed by atoms with Gasteiger partial charge in [-0.25, -0.2) is 0 Å². The summed E-state index contributed by atoms with van der Waals surface area (Å²) in [6.07, 6.45) is -0.0967. The highest BCUT2D eigenvalue weighted by Gasteiger charge is 2.22. The number of pyridine rings is 1. The summed E-state index contributed by atoms with van der Waals surface area (Å²) in [5, 5.41) is 25.4. The molecule has 0 aliphatic carbocycles. The van der Waals surface area contributed by atoms with E-state index in [-0.39, 0.29) is 25.5 Å². The van der Waals surface area contributed by atoms with Crippen LogP contribution in [-0.4, -0.2) is 38.7 Å². The number of fused-ring (bicyclic) bond motifs is 1. The molecule has 214 valence electrons. The molecule has 0 saturated carbocycles. The largest absolute Gasteiger partial charge is 0.497 e. The molecular formula is C26H22ClN4O10-. The van der Waals surface area contributed by atoms with Crippen molar-refractivity contribution in [2.24, 2.45) is 0 Å². The molecule has 0 amide bonds. The molecule has 15 heteroatoms. The lowest BCUT2D eigenvalue weighted by molar-refractivity contribution is -0.763. The molecule has 0 aliphatic rings. The molecule has 0 radical (unpaired) electrons. The maximum Gasteiger partial charge on any atom is 0.310 e. The van der Waals surface area contributed by atoms with Gasteiger partial charge in [0.15, 0.2) is 0 Å². The zero-order valence-corrected chi connectivity index (χ0v) is 22.4. The van der Waals surface area contributed by atoms with E-state index in [1.54, 1.807) is 72.2 Å². The van der Waals surface area contributed by atoms with Gasteiger partial charge < -0.3 is 29.6 Å². The number of hydrogen-bond acceptors (Lipinski definition) is 11. The summed E-state index contributed by atoms with van der Waals surface area (Å²) in [6, 6.07) is 16.7. The minimum Gasteiger partial charge on any atom is -0.497 e. The second-order valence-corrected chi connectivity index (χ2v) is 8.71. The van der Waals surface area contributed by atoms with Crippen LogP contribution in [0.5, 0.6) is 5.75 Å². The topological polar surface area (TPSA) is 189 Å². The zero-order chi connectivity index (χ0) is 30.1. The first kappa shape index (κ1) is 30.3. The number of hydrogen-bond donors (Lipinski definition) is 0. The summed E-state index contributed by atoms with van der Waals surface area (Å²) in [4.78, 5) is 53.4. The highest BCUT2D eigenvalue weighted by Crippen LogP contribution is 2.31. The predicted molar refractivity (Wildman–Crippen MR) is 144 cm³/mol. The Kier molecular flexibility index (Phi) is 10.1. The number of halogens is 1. The van der Waals surface area contributed by atoms with Crippen LogP contribution in [0.25, 0.3) is 10.9 Å². The minimum atomic E-state index is -1.75. The second-order valence-electron chi connectivity index (χ2n) is 8.27. The van der Waals surface area contributed by atoms with Gasteiger partial charge in [0, 0.05) is 21.7 Å². The second kappa shape index (κ2) is 13.7. The van der Waals surface area contributed by atoms with Gasteiger partial charge in [0.1, 0.15) is 19.0 Å². The highest BCUT2D eigenvalue weighted by molar-refractivity contribution is 6.30. The summed E-state index contributed by atoms with van der Waals surface area (Å²) in [7, 11) is 1.54. The fourth-order valence-electron chi connectivity index (χ4n) is 3.95. The molecule has 0 saturated heterocycles. The van der Waals surface area contributed by atoms with E-state index in [4.69, 9.17) is 36.4 Å². The molecule has 2 aromatic carbocycles.